The number of nitrogens with one attached hydrogen (secondary N) is 3. The van der Waals surface area contributed by atoms with Gasteiger partial charge in [-0.05, 0) is 41.5 Å². The molecular formula is C22H22N4O4S. The molecule has 4 rings (SSSR count). The lowest BCUT2D eigenvalue weighted by molar-refractivity contribution is -0.121. The molecule has 3 aromatic rings. The van der Waals surface area contributed by atoms with Crippen LogP contribution in [0.1, 0.15) is 11.1 Å². The van der Waals surface area contributed by atoms with Crippen molar-refractivity contribution >= 4 is 27.3 Å². The Morgan fingerprint density at radius 3 is 2.68 bits per heavy atom. The first-order valence-electron chi connectivity index (χ1n) is 9.68. The van der Waals surface area contributed by atoms with E-state index in [1.165, 1.54) is 19.2 Å². The van der Waals surface area contributed by atoms with E-state index in [0.717, 1.165) is 16.8 Å². The van der Waals surface area contributed by atoms with Crippen molar-refractivity contribution in [2.24, 2.45) is 0 Å². The van der Waals surface area contributed by atoms with Gasteiger partial charge in [0.25, 0.3) is 10.0 Å². The van der Waals surface area contributed by atoms with Crippen molar-refractivity contribution in [3.05, 3.63) is 78.1 Å². The Morgan fingerprint density at radius 1 is 1.16 bits per heavy atom. The summed E-state index contributed by atoms with van der Waals surface area (Å²) in [6.07, 6.45) is 4.03. The molecule has 160 valence electrons. The summed E-state index contributed by atoms with van der Waals surface area (Å²) in [7, 11) is -2.29. The molecule has 1 amide bonds. The van der Waals surface area contributed by atoms with Crippen molar-refractivity contribution in [1.82, 2.24) is 10.3 Å². The second-order valence-electron chi connectivity index (χ2n) is 7.10. The number of carbonyl (C=O) groups is 1. The number of fused-ring (bicyclic) bond motifs is 1. The minimum atomic E-state index is -3.77. The summed E-state index contributed by atoms with van der Waals surface area (Å²) in [5, 5.41) is 6.07. The van der Waals surface area contributed by atoms with Crippen molar-refractivity contribution in [3.63, 3.8) is 0 Å². The van der Waals surface area contributed by atoms with Gasteiger partial charge in [0.1, 0.15) is 11.8 Å². The number of carbonyl (C=O) groups excluding carboxylic acids is 1. The van der Waals surface area contributed by atoms with Crippen LogP contribution in [-0.4, -0.2) is 32.5 Å². The molecule has 1 unspecified atom stereocenters. The van der Waals surface area contributed by atoms with Crippen molar-refractivity contribution in [1.29, 1.82) is 0 Å². The number of methoxy groups -OCH3 is 1. The summed E-state index contributed by atoms with van der Waals surface area (Å²) in [6, 6.07) is 14.7. The Bertz CT molecular complexity index is 1170. The third kappa shape index (κ3) is 4.61. The van der Waals surface area contributed by atoms with E-state index in [1.54, 1.807) is 48.8 Å². The fourth-order valence-corrected chi connectivity index (χ4v) is 4.45. The third-order valence-electron chi connectivity index (χ3n) is 5.03. The topological polar surface area (TPSA) is 109 Å². The molecule has 0 saturated heterocycles. The molecule has 0 fully saturated rings. The zero-order valence-electron chi connectivity index (χ0n) is 16.8. The van der Waals surface area contributed by atoms with Gasteiger partial charge in [0.05, 0.1) is 17.7 Å². The fourth-order valence-electron chi connectivity index (χ4n) is 3.38. The van der Waals surface area contributed by atoms with E-state index in [1.807, 2.05) is 6.07 Å². The standard InChI is InChI=1S/C22H22N4O4S/c1-30-21-5-3-2-4-19(21)26-31(28,29)17-8-6-15(7-9-17)13-24-22(27)20-12-16-14-23-11-10-18(16)25-20/h2-11,14,20,25-26H,12-13H2,1H3,(H,24,27). The number of para-hydroxylation sites is 2. The minimum Gasteiger partial charge on any atom is -0.495 e. The molecule has 1 aromatic heterocycles. The second kappa shape index (κ2) is 8.65. The van der Waals surface area contributed by atoms with E-state index in [-0.39, 0.29) is 16.8 Å². The number of amides is 1. The molecule has 0 aliphatic carbocycles. The number of aromatic nitrogens is 1. The second-order valence-corrected chi connectivity index (χ2v) is 8.78. The fraction of sp³-hybridized carbons (Fsp3) is 0.182. The van der Waals surface area contributed by atoms with Crippen LogP contribution in [0, 0.1) is 0 Å². The number of hydrogen-bond donors (Lipinski definition) is 3. The first-order valence-corrected chi connectivity index (χ1v) is 11.2. The van der Waals surface area contributed by atoms with Crippen LogP contribution in [0.5, 0.6) is 5.75 Å². The monoisotopic (exact) mass is 438 g/mol. The SMILES string of the molecule is COc1ccccc1NS(=O)(=O)c1ccc(CNC(=O)C2Cc3cnccc3N2)cc1. The maximum Gasteiger partial charge on any atom is 0.262 e. The van der Waals surface area contributed by atoms with Crippen LogP contribution in [-0.2, 0) is 27.8 Å². The lowest BCUT2D eigenvalue weighted by atomic mass is 10.1. The van der Waals surface area contributed by atoms with Gasteiger partial charge < -0.3 is 15.4 Å². The molecule has 1 aliphatic rings. The largest absolute Gasteiger partial charge is 0.495 e. The summed E-state index contributed by atoms with van der Waals surface area (Å²) >= 11 is 0. The highest BCUT2D eigenvalue weighted by atomic mass is 32.2. The van der Waals surface area contributed by atoms with Crippen LogP contribution in [0.2, 0.25) is 0 Å². The van der Waals surface area contributed by atoms with Crippen LogP contribution in [0.15, 0.2) is 71.9 Å². The van der Waals surface area contributed by atoms with Crippen molar-refractivity contribution in [3.8, 4) is 5.75 Å². The van der Waals surface area contributed by atoms with Crippen LogP contribution in [0.4, 0.5) is 11.4 Å². The number of benzene rings is 2. The molecule has 1 atom stereocenters. The van der Waals surface area contributed by atoms with Crippen LogP contribution in [0.3, 0.4) is 0 Å². The molecule has 0 saturated carbocycles. The molecule has 9 heteroatoms. The van der Waals surface area contributed by atoms with Gasteiger partial charge in [-0.1, -0.05) is 24.3 Å². The van der Waals surface area contributed by atoms with Crippen LogP contribution in [0.25, 0.3) is 0 Å². The van der Waals surface area contributed by atoms with Gasteiger partial charge in [0.2, 0.25) is 5.91 Å². The molecule has 2 heterocycles. The van der Waals surface area contributed by atoms with Gasteiger partial charge >= 0.3 is 0 Å². The van der Waals surface area contributed by atoms with Crippen LogP contribution >= 0.6 is 0 Å². The molecule has 0 radical (unpaired) electrons. The van der Waals surface area contributed by atoms with Crippen molar-refractivity contribution in [2.75, 3.05) is 17.1 Å². The highest BCUT2D eigenvalue weighted by molar-refractivity contribution is 7.92. The summed E-state index contributed by atoms with van der Waals surface area (Å²) in [5.41, 5.74) is 3.09. The Labute approximate surface area is 180 Å². The molecular weight excluding hydrogens is 416 g/mol. The van der Waals surface area contributed by atoms with Crippen molar-refractivity contribution in [2.45, 2.75) is 23.9 Å². The Hall–Kier alpha value is -3.59. The third-order valence-corrected chi connectivity index (χ3v) is 6.41. The molecule has 8 nitrogen and oxygen atoms in total. The van der Waals surface area contributed by atoms with Gasteiger partial charge in [-0.2, -0.15) is 0 Å². The van der Waals surface area contributed by atoms with E-state index in [0.29, 0.717) is 24.4 Å². The molecule has 0 bridgehead atoms. The highest BCUT2D eigenvalue weighted by Crippen LogP contribution is 2.26. The zero-order chi connectivity index (χ0) is 21.8. The van der Waals surface area contributed by atoms with E-state index < -0.39 is 10.0 Å². The Morgan fingerprint density at radius 2 is 1.94 bits per heavy atom. The van der Waals surface area contributed by atoms with E-state index in [9.17, 15) is 13.2 Å². The zero-order valence-corrected chi connectivity index (χ0v) is 17.6. The molecule has 0 spiro atoms. The Balaban J connectivity index is 1.36. The lowest BCUT2D eigenvalue weighted by Gasteiger charge is -2.13. The predicted molar refractivity (Wildman–Crippen MR) is 117 cm³/mol. The summed E-state index contributed by atoms with van der Waals surface area (Å²) in [6.45, 7) is 0.297. The molecule has 31 heavy (non-hydrogen) atoms. The quantitative estimate of drug-likeness (QED) is 0.523. The van der Waals surface area contributed by atoms with Gasteiger partial charge in [-0.25, -0.2) is 8.42 Å². The maximum atomic E-state index is 12.7. The average molecular weight is 439 g/mol. The van der Waals surface area contributed by atoms with Crippen molar-refractivity contribution < 1.29 is 17.9 Å². The average Bonchev–Trinajstić information content (AvgIpc) is 3.22. The van der Waals surface area contributed by atoms with Gasteiger partial charge in [-0.3, -0.25) is 14.5 Å². The first-order chi connectivity index (χ1) is 15.0. The molecule has 2 aromatic carbocycles. The number of ether oxygens (including phenoxy) is 1. The molecule has 3 N–H and O–H groups in total. The summed E-state index contributed by atoms with van der Waals surface area (Å²) in [5.74, 6) is 0.314. The summed E-state index contributed by atoms with van der Waals surface area (Å²) in [4.78, 5) is 16.7. The van der Waals surface area contributed by atoms with Gasteiger partial charge in [0, 0.05) is 31.0 Å². The van der Waals surface area contributed by atoms with Gasteiger partial charge in [0.15, 0.2) is 0 Å². The Kier molecular flexibility index (Phi) is 5.77. The number of pyridine rings is 1. The normalized spacial score (nSPS) is 14.9. The number of sulfonamides is 1. The number of anilines is 2. The van der Waals surface area contributed by atoms with E-state index >= 15 is 0 Å². The number of hydrogen-bond acceptors (Lipinski definition) is 6. The lowest BCUT2D eigenvalue weighted by Crippen LogP contribution is -2.38. The predicted octanol–water partition coefficient (Wildman–Crippen LogP) is 2.54. The highest BCUT2D eigenvalue weighted by Gasteiger charge is 2.26. The van der Waals surface area contributed by atoms with E-state index in [2.05, 4.69) is 20.3 Å². The number of rotatable bonds is 7. The van der Waals surface area contributed by atoms with E-state index in [4.69, 9.17) is 4.74 Å². The smallest absolute Gasteiger partial charge is 0.262 e. The maximum absolute atomic E-state index is 12.7. The number of nitrogens with zero attached hydrogens (tertiary/aromatic N) is 1. The van der Waals surface area contributed by atoms with Crippen LogP contribution < -0.4 is 20.1 Å². The minimum absolute atomic E-state index is 0.119. The summed E-state index contributed by atoms with van der Waals surface area (Å²) < 4.78 is 33.1. The van der Waals surface area contributed by atoms with Gasteiger partial charge in [-0.15, -0.1) is 0 Å². The first kappa shape index (κ1) is 20.7. The molecule has 1 aliphatic heterocycles.